The van der Waals surface area contributed by atoms with Crippen LogP contribution in [0.15, 0.2) is 31.0 Å². The van der Waals surface area contributed by atoms with Crippen LogP contribution in [0.4, 0.5) is 0 Å². The van der Waals surface area contributed by atoms with Crippen LogP contribution < -0.4 is 5.32 Å². The Hall–Kier alpha value is -2.45. The lowest BCUT2D eigenvalue weighted by atomic mass is 9.84. The summed E-state index contributed by atoms with van der Waals surface area (Å²) in [6.45, 7) is 7.38. The molecule has 0 aromatic carbocycles. The summed E-state index contributed by atoms with van der Waals surface area (Å²) in [5.74, 6) is 1.08. The smallest absolute Gasteiger partial charge is 0.145 e. The third kappa shape index (κ3) is 6.23. The summed E-state index contributed by atoms with van der Waals surface area (Å²) >= 11 is 0. The van der Waals surface area contributed by atoms with Crippen LogP contribution in [0.2, 0.25) is 0 Å². The average molecular weight is 541 g/mol. The van der Waals surface area contributed by atoms with E-state index in [1.807, 2.05) is 34.8 Å². The third-order valence-electron chi connectivity index (χ3n) is 7.82. The van der Waals surface area contributed by atoms with Crippen LogP contribution in [0.3, 0.4) is 0 Å². The van der Waals surface area contributed by atoms with Crippen molar-refractivity contribution < 1.29 is 4.74 Å². The Morgan fingerprint density at radius 3 is 2.66 bits per heavy atom. The SMILES string of the molecule is CCC(CC(CC)N1CC(CC#N)(n2cc(-c3ncnc4c3ccn4COCCS(C)(C)C)cn2)C1)NC. The molecule has 0 spiro atoms. The predicted molar refractivity (Wildman–Crippen MR) is 157 cm³/mol. The van der Waals surface area contributed by atoms with Crippen molar-refractivity contribution >= 4 is 21.1 Å². The van der Waals surface area contributed by atoms with E-state index in [0.717, 1.165) is 67.0 Å². The molecule has 0 radical (unpaired) electrons. The van der Waals surface area contributed by atoms with Crippen molar-refractivity contribution in [2.75, 3.05) is 51.3 Å². The molecule has 4 rings (SSSR count). The van der Waals surface area contributed by atoms with Crippen LogP contribution in [0.1, 0.15) is 39.5 Å². The van der Waals surface area contributed by atoms with Gasteiger partial charge in [0.25, 0.3) is 0 Å². The Morgan fingerprint density at radius 1 is 1.21 bits per heavy atom. The number of nitrogens with zero attached hydrogens (tertiary/aromatic N) is 7. The summed E-state index contributed by atoms with van der Waals surface area (Å²) in [4.78, 5) is 11.7. The van der Waals surface area contributed by atoms with Crippen molar-refractivity contribution in [2.24, 2.45) is 0 Å². The van der Waals surface area contributed by atoms with Crippen LogP contribution in [-0.4, -0.2) is 92.6 Å². The van der Waals surface area contributed by atoms with E-state index >= 15 is 0 Å². The number of aromatic nitrogens is 5. The van der Waals surface area contributed by atoms with Gasteiger partial charge in [0.2, 0.25) is 0 Å². The quantitative estimate of drug-likeness (QED) is 0.308. The zero-order valence-electron chi connectivity index (χ0n) is 23.9. The van der Waals surface area contributed by atoms with E-state index in [2.05, 4.69) is 65.1 Å². The number of likely N-dealkylation sites (tertiary alicyclic amines) is 1. The molecule has 4 heterocycles. The Kier molecular flexibility index (Phi) is 9.14. The molecule has 0 amide bonds. The predicted octanol–water partition coefficient (Wildman–Crippen LogP) is 4.05. The second-order valence-corrected chi connectivity index (χ2v) is 16.0. The summed E-state index contributed by atoms with van der Waals surface area (Å²) in [5, 5.41) is 18.8. The minimum absolute atomic E-state index is 0.303. The standard InChI is InChI=1S/C28H44N8OS/c1-7-23(30-3)15-24(8-2)35-18-28(19-35,10-11-29)36-17-22(16-33-36)26-25-9-12-34(27(25)32-20-31-26)21-37-13-14-38(4,5)6/h9,12,16-17,20,23-24,30H,7-8,10,13-15,18-19,21H2,1-6H3. The molecule has 0 saturated carbocycles. The van der Waals surface area contributed by atoms with Crippen molar-refractivity contribution in [3.05, 3.63) is 31.0 Å². The van der Waals surface area contributed by atoms with Gasteiger partial charge in [0.15, 0.2) is 0 Å². The molecule has 0 aliphatic carbocycles. The van der Waals surface area contributed by atoms with Crippen LogP contribution in [0.5, 0.6) is 0 Å². The zero-order chi connectivity index (χ0) is 27.3. The lowest BCUT2D eigenvalue weighted by Gasteiger charge is -2.52. The van der Waals surface area contributed by atoms with Gasteiger partial charge in [-0.25, -0.2) is 20.0 Å². The van der Waals surface area contributed by atoms with Gasteiger partial charge in [-0.2, -0.15) is 10.4 Å². The van der Waals surface area contributed by atoms with Crippen molar-refractivity contribution in [2.45, 2.75) is 63.9 Å². The zero-order valence-corrected chi connectivity index (χ0v) is 24.7. The number of ether oxygens (including phenoxy) is 1. The maximum absolute atomic E-state index is 9.68. The number of rotatable bonds is 14. The Labute approximate surface area is 228 Å². The molecule has 1 N–H and O–H groups in total. The van der Waals surface area contributed by atoms with Crippen LogP contribution in [0.25, 0.3) is 22.3 Å². The van der Waals surface area contributed by atoms with Gasteiger partial charge in [-0.15, -0.1) is 0 Å². The van der Waals surface area contributed by atoms with Crippen LogP contribution in [0, 0.1) is 11.3 Å². The summed E-state index contributed by atoms with van der Waals surface area (Å²) < 4.78 is 9.99. The second-order valence-electron chi connectivity index (χ2n) is 11.4. The number of hydrogen-bond donors (Lipinski definition) is 1. The molecule has 2 atom stereocenters. The highest BCUT2D eigenvalue weighted by molar-refractivity contribution is 8.32. The molecule has 3 aromatic heterocycles. The Bertz CT molecular complexity index is 1230. The Morgan fingerprint density at radius 2 is 2.00 bits per heavy atom. The molecule has 208 valence electrons. The largest absolute Gasteiger partial charge is 0.360 e. The molecule has 1 saturated heterocycles. The first-order valence-electron chi connectivity index (χ1n) is 13.6. The molecule has 1 aliphatic rings. The van der Waals surface area contributed by atoms with Crippen molar-refractivity contribution in [1.29, 1.82) is 5.26 Å². The van der Waals surface area contributed by atoms with Crippen LogP contribution >= 0.6 is 10.0 Å². The van der Waals surface area contributed by atoms with E-state index in [9.17, 15) is 5.26 Å². The van der Waals surface area contributed by atoms with Crippen molar-refractivity contribution in [1.82, 2.24) is 34.5 Å². The fraction of sp³-hybridized carbons (Fsp3) is 0.643. The van der Waals surface area contributed by atoms with Gasteiger partial charge in [0, 0.05) is 54.3 Å². The highest BCUT2D eigenvalue weighted by Crippen LogP contribution is 2.37. The van der Waals surface area contributed by atoms with E-state index in [1.54, 1.807) is 6.33 Å². The molecule has 38 heavy (non-hydrogen) atoms. The van der Waals surface area contributed by atoms with Gasteiger partial charge in [-0.1, -0.05) is 13.8 Å². The van der Waals surface area contributed by atoms with E-state index < -0.39 is 10.0 Å². The first-order valence-corrected chi connectivity index (χ1v) is 16.6. The molecule has 10 heteroatoms. The molecule has 1 fully saturated rings. The van der Waals surface area contributed by atoms with Gasteiger partial charge >= 0.3 is 0 Å². The minimum Gasteiger partial charge on any atom is -0.360 e. The topological polar surface area (TPSA) is 96.8 Å². The van der Waals surface area contributed by atoms with Gasteiger partial charge in [0.05, 0.1) is 31.0 Å². The normalized spacial score (nSPS) is 17.7. The average Bonchev–Trinajstić information content (AvgIpc) is 3.52. The molecular weight excluding hydrogens is 496 g/mol. The van der Waals surface area contributed by atoms with Crippen molar-refractivity contribution in [3.8, 4) is 17.3 Å². The van der Waals surface area contributed by atoms with E-state index in [0.29, 0.717) is 25.2 Å². The highest BCUT2D eigenvalue weighted by Gasteiger charge is 2.47. The fourth-order valence-corrected chi connectivity index (χ4v) is 5.98. The number of fused-ring (bicyclic) bond motifs is 1. The monoisotopic (exact) mass is 540 g/mol. The minimum atomic E-state index is -0.575. The Balaban J connectivity index is 1.50. The lowest BCUT2D eigenvalue weighted by molar-refractivity contribution is -0.0319. The molecular formula is C28H44N8OS. The number of nitriles is 1. The second kappa shape index (κ2) is 12.2. The molecule has 3 aromatic rings. The molecule has 0 bridgehead atoms. The summed E-state index contributed by atoms with van der Waals surface area (Å²) in [6.07, 6.45) is 18.2. The van der Waals surface area contributed by atoms with E-state index in [1.165, 1.54) is 0 Å². The molecule has 2 unspecified atom stereocenters. The number of hydrogen-bond acceptors (Lipinski definition) is 7. The molecule has 1 aliphatic heterocycles. The lowest BCUT2D eigenvalue weighted by Crippen LogP contribution is -2.65. The number of nitrogens with one attached hydrogen (secondary N) is 1. The fourth-order valence-electron chi connectivity index (χ4n) is 5.36. The first kappa shape index (κ1) is 28.6. The summed E-state index contributed by atoms with van der Waals surface area (Å²) in [6, 6.07) is 5.49. The summed E-state index contributed by atoms with van der Waals surface area (Å²) in [5.41, 5.74) is 2.35. The van der Waals surface area contributed by atoms with E-state index in [-0.39, 0.29) is 5.54 Å². The highest BCUT2D eigenvalue weighted by atomic mass is 32.3. The molecule has 9 nitrogen and oxygen atoms in total. The van der Waals surface area contributed by atoms with Crippen molar-refractivity contribution in [3.63, 3.8) is 0 Å². The first-order chi connectivity index (χ1) is 18.2. The summed E-state index contributed by atoms with van der Waals surface area (Å²) in [7, 11) is 1.47. The van der Waals surface area contributed by atoms with Gasteiger partial charge in [-0.3, -0.25) is 9.58 Å². The van der Waals surface area contributed by atoms with Crippen LogP contribution in [-0.2, 0) is 17.0 Å². The van der Waals surface area contributed by atoms with Gasteiger partial charge < -0.3 is 14.6 Å². The van der Waals surface area contributed by atoms with Gasteiger partial charge in [-0.05, 0) is 51.1 Å². The van der Waals surface area contributed by atoms with E-state index in [4.69, 9.17) is 9.84 Å². The third-order valence-corrected chi connectivity index (χ3v) is 9.21. The maximum Gasteiger partial charge on any atom is 0.145 e. The maximum atomic E-state index is 9.68. The van der Waals surface area contributed by atoms with Gasteiger partial charge in [0.1, 0.15) is 24.2 Å².